The summed E-state index contributed by atoms with van der Waals surface area (Å²) in [6.45, 7) is 2.12. The van der Waals surface area contributed by atoms with Gasteiger partial charge < -0.3 is 5.32 Å². The maximum atomic E-state index is 12.2. The van der Waals surface area contributed by atoms with Crippen LogP contribution in [-0.4, -0.2) is 45.5 Å². The van der Waals surface area contributed by atoms with Crippen molar-refractivity contribution in [2.24, 2.45) is 7.05 Å². The zero-order valence-corrected chi connectivity index (χ0v) is 12.9. The molecule has 1 aromatic heterocycles. The molecule has 2 aromatic rings. The Bertz CT molecular complexity index is 774. The molecule has 1 aromatic carbocycles. The van der Waals surface area contributed by atoms with Crippen LogP contribution in [0, 0.1) is 6.92 Å². The third kappa shape index (κ3) is 2.61. The van der Waals surface area contributed by atoms with Crippen molar-refractivity contribution in [1.82, 2.24) is 20.0 Å². The lowest BCUT2D eigenvalue weighted by Crippen LogP contribution is -2.38. The predicted octanol–water partition coefficient (Wildman–Crippen LogP) is 0.755. The first-order chi connectivity index (χ1) is 11.0. The molecule has 118 valence electrons. The number of nitrogens with zero attached hydrogens (tertiary/aromatic N) is 3. The average Bonchev–Trinajstić information content (AvgIpc) is 2.99. The fourth-order valence-corrected chi connectivity index (χ4v) is 2.64. The Labute approximate surface area is 132 Å². The Morgan fingerprint density at radius 3 is 2.30 bits per heavy atom. The molecule has 0 saturated carbocycles. The lowest BCUT2D eigenvalue weighted by atomic mass is 10.1. The normalized spacial score (nSPS) is 13.4. The molecule has 0 aliphatic carbocycles. The number of nitrogens with one attached hydrogen (secondary N) is 1. The average molecular weight is 312 g/mol. The zero-order chi connectivity index (χ0) is 16.6. The van der Waals surface area contributed by atoms with E-state index in [9.17, 15) is 14.4 Å². The fraction of sp³-hybridized carbons (Fsp3) is 0.250. The smallest absolute Gasteiger partial charge is 0.269 e. The summed E-state index contributed by atoms with van der Waals surface area (Å²) in [4.78, 5) is 37.6. The molecule has 0 unspecified atom stereocenters. The van der Waals surface area contributed by atoms with Gasteiger partial charge in [-0.15, -0.1) is 0 Å². The number of aryl methyl sites for hydroxylation is 2. The van der Waals surface area contributed by atoms with Crippen LogP contribution >= 0.6 is 0 Å². The monoisotopic (exact) mass is 312 g/mol. The van der Waals surface area contributed by atoms with Crippen LogP contribution in [0.2, 0.25) is 0 Å². The minimum absolute atomic E-state index is 0.134. The molecule has 1 aliphatic rings. The molecule has 3 amide bonds. The molecule has 3 rings (SSSR count). The number of carbonyl (C=O) groups excluding carboxylic acids is 3. The van der Waals surface area contributed by atoms with E-state index in [1.165, 1.54) is 4.68 Å². The molecule has 23 heavy (non-hydrogen) atoms. The number of carbonyl (C=O) groups is 3. The minimum Gasteiger partial charge on any atom is -0.349 e. The molecule has 0 spiro atoms. The Balaban J connectivity index is 1.62. The van der Waals surface area contributed by atoms with E-state index in [0.29, 0.717) is 16.8 Å². The Morgan fingerprint density at radius 2 is 1.78 bits per heavy atom. The number of hydrogen-bond donors (Lipinski definition) is 1. The van der Waals surface area contributed by atoms with E-state index in [0.717, 1.165) is 10.6 Å². The molecule has 2 heterocycles. The van der Waals surface area contributed by atoms with Crippen molar-refractivity contribution >= 4 is 17.7 Å². The summed E-state index contributed by atoms with van der Waals surface area (Å²) in [5.74, 6) is -0.933. The van der Waals surface area contributed by atoms with Crippen molar-refractivity contribution in [3.8, 4) is 0 Å². The third-order valence-electron chi connectivity index (χ3n) is 3.73. The van der Waals surface area contributed by atoms with Gasteiger partial charge in [0.1, 0.15) is 5.69 Å². The first-order valence-corrected chi connectivity index (χ1v) is 7.23. The van der Waals surface area contributed by atoms with Gasteiger partial charge in [0, 0.05) is 20.1 Å². The van der Waals surface area contributed by atoms with E-state index in [-0.39, 0.29) is 30.8 Å². The minimum atomic E-state index is -0.323. The fourth-order valence-electron chi connectivity index (χ4n) is 2.64. The van der Waals surface area contributed by atoms with Crippen LogP contribution in [0.4, 0.5) is 0 Å². The summed E-state index contributed by atoms with van der Waals surface area (Å²) in [7, 11) is 1.69. The zero-order valence-electron chi connectivity index (χ0n) is 12.9. The highest BCUT2D eigenvalue weighted by Crippen LogP contribution is 2.21. The van der Waals surface area contributed by atoms with Gasteiger partial charge in [0.2, 0.25) is 0 Å². The van der Waals surface area contributed by atoms with Gasteiger partial charge in [0.25, 0.3) is 17.7 Å². The number of hydrogen-bond acceptors (Lipinski definition) is 4. The summed E-state index contributed by atoms with van der Waals surface area (Å²) >= 11 is 0. The number of rotatable bonds is 4. The van der Waals surface area contributed by atoms with E-state index in [1.807, 2.05) is 0 Å². The van der Waals surface area contributed by atoms with Crippen LogP contribution in [0.3, 0.4) is 0 Å². The summed E-state index contributed by atoms with van der Waals surface area (Å²) < 4.78 is 1.49. The third-order valence-corrected chi connectivity index (χ3v) is 3.73. The first kappa shape index (κ1) is 15.0. The lowest BCUT2D eigenvalue weighted by Gasteiger charge is -2.14. The number of aromatic nitrogens is 2. The van der Waals surface area contributed by atoms with E-state index in [4.69, 9.17) is 0 Å². The molecule has 1 N–H and O–H groups in total. The van der Waals surface area contributed by atoms with Crippen LogP contribution in [0.25, 0.3) is 0 Å². The second kappa shape index (κ2) is 5.68. The highest BCUT2D eigenvalue weighted by Gasteiger charge is 2.34. The Kier molecular flexibility index (Phi) is 3.69. The molecule has 0 fully saturated rings. The maximum Gasteiger partial charge on any atom is 0.269 e. The SMILES string of the molecule is Cc1cc(C(=O)NCCN2C(=O)c3ccccc3C2=O)n(C)n1. The van der Waals surface area contributed by atoms with E-state index < -0.39 is 0 Å². The second-order valence-corrected chi connectivity index (χ2v) is 5.36. The van der Waals surface area contributed by atoms with Crippen molar-refractivity contribution in [3.05, 3.63) is 52.8 Å². The van der Waals surface area contributed by atoms with Gasteiger partial charge in [-0.3, -0.25) is 24.0 Å². The molecule has 0 saturated heterocycles. The highest BCUT2D eigenvalue weighted by molar-refractivity contribution is 6.21. The standard InChI is InChI=1S/C16H16N4O3/c1-10-9-13(19(2)18-10)14(21)17-7-8-20-15(22)11-5-3-4-6-12(11)16(20)23/h3-6,9H,7-8H2,1-2H3,(H,17,21). The molecule has 0 atom stereocenters. The quantitative estimate of drug-likeness (QED) is 0.845. The highest BCUT2D eigenvalue weighted by atomic mass is 16.2. The molecule has 7 nitrogen and oxygen atoms in total. The molecule has 0 bridgehead atoms. The van der Waals surface area contributed by atoms with Crippen molar-refractivity contribution in [1.29, 1.82) is 0 Å². The number of amides is 3. The molecular weight excluding hydrogens is 296 g/mol. The van der Waals surface area contributed by atoms with E-state index >= 15 is 0 Å². The number of fused-ring (bicyclic) bond motifs is 1. The van der Waals surface area contributed by atoms with E-state index in [2.05, 4.69) is 10.4 Å². The summed E-state index contributed by atoms with van der Waals surface area (Å²) in [5, 5.41) is 6.81. The first-order valence-electron chi connectivity index (χ1n) is 7.23. The number of benzene rings is 1. The van der Waals surface area contributed by atoms with Gasteiger partial charge >= 0.3 is 0 Å². The van der Waals surface area contributed by atoms with Crippen molar-refractivity contribution in [2.75, 3.05) is 13.1 Å². The Hall–Kier alpha value is -2.96. The summed E-state index contributed by atoms with van der Waals surface area (Å²) in [5.41, 5.74) is 2.00. The topological polar surface area (TPSA) is 84.3 Å². The van der Waals surface area contributed by atoms with E-state index in [1.54, 1.807) is 44.3 Å². The maximum absolute atomic E-state index is 12.2. The molecule has 0 radical (unpaired) electrons. The van der Waals surface area contributed by atoms with Crippen LogP contribution in [0.1, 0.15) is 36.9 Å². The van der Waals surface area contributed by atoms with Crippen molar-refractivity contribution in [3.63, 3.8) is 0 Å². The summed E-state index contributed by atoms with van der Waals surface area (Å²) in [6.07, 6.45) is 0. The second-order valence-electron chi connectivity index (χ2n) is 5.36. The number of imide groups is 1. The van der Waals surface area contributed by atoms with Crippen LogP contribution in [-0.2, 0) is 7.05 Å². The van der Waals surface area contributed by atoms with Crippen molar-refractivity contribution in [2.45, 2.75) is 6.92 Å². The van der Waals surface area contributed by atoms with Crippen LogP contribution < -0.4 is 5.32 Å². The largest absolute Gasteiger partial charge is 0.349 e. The summed E-state index contributed by atoms with van der Waals surface area (Å²) in [6, 6.07) is 8.39. The van der Waals surface area contributed by atoms with Crippen molar-refractivity contribution < 1.29 is 14.4 Å². The van der Waals surface area contributed by atoms with Gasteiger partial charge in [0.15, 0.2) is 0 Å². The van der Waals surface area contributed by atoms with Gasteiger partial charge in [0.05, 0.1) is 16.8 Å². The Morgan fingerprint density at radius 1 is 1.17 bits per heavy atom. The molecule has 1 aliphatic heterocycles. The van der Waals surface area contributed by atoms with Crippen LogP contribution in [0.5, 0.6) is 0 Å². The molecular formula is C16H16N4O3. The van der Waals surface area contributed by atoms with Crippen LogP contribution in [0.15, 0.2) is 30.3 Å². The van der Waals surface area contributed by atoms with Gasteiger partial charge in [-0.1, -0.05) is 12.1 Å². The lowest BCUT2D eigenvalue weighted by molar-refractivity contribution is 0.0649. The van der Waals surface area contributed by atoms with Gasteiger partial charge in [-0.05, 0) is 25.1 Å². The van der Waals surface area contributed by atoms with Gasteiger partial charge in [-0.25, -0.2) is 0 Å². The predicted molar refractivity (Wildman–Crippen MR) is 82.1 cm³/mol. The van der Waals surface area contributed by atoms with Gasteiger partial charge in [-0.2, -0.15) is 5.10 Å². The molecule has 7 heteroatoms.